The van der Waals surface area contributed by atoms with E-state index in [2.05, 4.69) is 18.0 Å². The van der Waals surface area contributed by atoms with Crippen molar-refractivity contribution >= 4 is 21.4 Å². The molecule has 3 aromatic rings. The molecule has 3 aromatic carbocycles. The zero-order valence-electron chi connectivity index (χ0n) is 18.9. The Hall–Kier alpha value is -3.43. The molecular formula is C25H25N3O5S. The van der Waals surface area contributed by atoms with Crippen LogP contribution in [0.4, 0.5) is 11.4 Å². The van der Waals surface area contributed by atoms with E-state index in [1.165, 1.54) is 24.3 Å². The molecule has 0 unspecified atom stereocenters. The Morgan fingerprint density at radius 1 is 1.00 bits per heavy atom. The standard InChI is InChI=1S/C25H25N3O5S/c1-17-3-12-24-22(15-17)23-16-26(2)14-13-25(23)27(24)34(31,32)21-10-8-20(9-11-21)33-19-6-4-18(5-7-19)28(29)30/h3-12,15,23,25H,13-14,16H2,1-2H3/t23-,25-/m1/s1. The highest BCUT2D eigenvalue weighted by Crippen LogP contribution is 2.47. The van der Waals surface area contributed by atoms with Crippen molar-refractivity contribution in [2.75, 3.05) is 24.4 Å². The summed E-state index contributed by atoms with van der Waals surface area (Å²) >= 11 is 0. The number of rotatable bonds is 5. The second-order valence-corrected chi connectivity index (χ2v) is 10.7. The maximum Gasteiger partial charge on any atom is 0.269 e. The minimum atomic E-state index is -3.77. The maximum atomic E-state index is 13.8. The minimum Gasteiger partial charge on any atom is -0.457 e. The lowest BCUT2D eigenvalue weighted by Gasteiger charge is -2.36. The molecule has 0 amide bonds. The molecule has 2 atom stereocenters. The molecule has 8 nitrogen and oxygen atoms in total. The Bertz CT molecular complexity index is 1340. The second kappa shape index (κ2) is 8.41. The number of anilines is 1. The fourth-order valence-corrected chi connectivity index (χ4v) is 6.65. The van der Waals surface area contributed by atoms with Crippen LogP contribution in [0.1, 0.15) is 23.5 Å². The van der Waals surface area contributed by atoms with Crippen LogP contribution in [0.25, 0.3) is 0 Å². The van der Waals surface area contributed by atoms with E-state index in [9.17, 15) is 18.5 Å². The van der Waals surface area contributed by atoms with E-state index in [-0.39, 0.29) is 22.5 Å². The topological polar surface area (TPSA) is 93.0 Å². The highest BCUT2D eigenvalue weighted by molar-refractivity contribution is 7.92. The molecule has 0 saturated carbocycles. The van der Waals surface area contributed by atoms with Crippen molar-refractivity contribution in [1.29, 1.82) is 0 Å². The molecule has 2 aliphatic rings. The van der Waals surface area contributed by atoms with Crippen molar-refractivity contribution in [1.82, 2.24) is 4.90 Å². The average Bonchev–Trinajstić information content (AvgIpc) is 3.13. The lowest BCUT2D eigenvalue weighted by Crippen LogP contribution is -2.47. The highest BCUT2D eigenvalue weighted by atomic mass is 32.2. The number of likely N-dealkylation sites (tertiary alicyclic amines) is 1. The molecule has 176 valence electrons. The molecule has 0 bridgehead atoms. The molecule has 34 heavy (non-hydrogen) atoms. The molecule has 0 aromatic heterocycles. The first-order chi connectivity index (χ1) is 16.2. The zero-order chi connectivity index (χ0) is 24.0. The lowest BCUT2D eigenvalue weighted by molar-refractivity contribution is -0.384. The summed E-state index contributed by atoms with van der Waals surface area (Å²) in [6, 6.07) is 17.9. The summed E-state index contributed by atoms with van der Waals surface area (Å²) < 4.78 is 34.9. The number of benzene rings is 3. The third-order valence-electron chi connectivity index (χ3n) is 6.56. The van der Waals surface area contributed by atoms with Gasteiger partial charge >= 0.3 is 0 Å². The molecule has 2 aliphatic heterocycles. The largest absolute Gasteiger partial charge is 0.457 e. The van der Waals surface area contributed by atoms with E-state index >= 15 is 0 Å². The number of non-ortho nitro benzene ring substituents is 1. The first-order valence-corrected chi connectivity index (χ1v) is 12.5. The Morgan fingerprint density at radius 3 is 2.29 bits per heavy atom. The first-order valence-electron chi connectivity index (χ1n) is 11.1. The predicted octanol–water partition coefficient (Wildman–Crippen LogP) is 4.69. The molecule has 0 radical (unpaired) electrons. The smallest absolute Gasteiger partial charge is 0.269 e. The highest BCUT2D eigenvalue weighted by Gasteiger charge is 2.46. The van der Waals surface area contributed by atoms with Gasteiger partial charge in [-0.15, -0.1) is 0 Å². The van der Waals surface area contributed by atoms with Gasteiger partial charge in [-0.05, 0) is 75.0 Å². The Kier molecular flexibility index (Phi) is 5.53. The summed E-state index contributed by atoms with van der Waals surface area (Å²) in [5, 5.41) is 10.8. The van der Waals surface area contributed by atoms with Gasteiger partial charge in [0.2, 0.25) is 0 Å². The number of ether oxygens (including phenoxy) is 1. The number of hydrogen-bond donors (Lipinski definition) is 0. The van der Waals surface area contributed by atoms with E-state index in [4.69, 9.17) is 4.74 Å². The molecule has 5 rings (SSSR count). The molecule has 0 N–H and O–H groups in total. The van der Waals surface area contributed by atoms with Gasteiger partial charge < -0.3 is 9.64 Å². The lowest BCUT2D eigenvalue weighted by atomic mass is 9.89. The number of sulfonamides is 1. The van der Waals surface area contributed by atoms with Crippen LogP contribution < -0.4 is 9.04 Å². The van der Waals surface area contributed by atoms with E-state index in [0.29, 0.717) is 11.5 Å². The number of piperidine rings is 1. The summed E-state index contributed by atoms with van der Waals surface area (Å²) in [7, 11) is -1.70. The van der Waals surface area contributed by atoms with Gasteiger partial charge in [0.25, 0.3) is 15.7 Å². The van der Waals surface area contributed by atoms with Crippen molar-refractivity contribution in [2.24, 2.45) is 0 Å². The van der Waals surface area contributed by atoms with Crippen LogP contribution in [0.2, 0.25) is 0 Å². The summed E-state index contributed by atoms with van der Waals surface area (Å²) in [5.74, 6) is 1.02. The van der Waals surface area contributed by atoms with Crippen LogP contribution in [0.5, 0.6) is 11.5 Å². The van der Waals surface area contributed by atoms with Crippen molar-refractivity contribution in [3.63, 3.8) is 0 Å². The van der Waals surface area contributed by atoms with Crippen molar-refractivity contribution in [2.45, 2.75) is 30.2 Å². The number of nitro benzene ring substituents is 1. The molecule has 0 spiro atoms. The average molecular weight is 480 g/mol. The summed E-state index contributed by atoms with van der Waals surface area (Å²) in [5.41, 5.74) is 2.96. The van der Waals surface area contributed by atoms with Crippen LogP contribution in [-0.4, -0.2) is 44.4 Å². The number of hydrogen-bond acceptors (Lipinski definition) is 6. The van der Waals surface area contributed by atoms with Crippen molar-refractivity contribution in [3.05, 3.63) is 88.0 Å². The third-order valence-corrected chi connectivity index (χ3v) is 8.42. The maximum absolute atomic E-state index is 13.8. The summed E-state index contributed by atoms with van der Waals surface area (Å²) in [6.45, 7) is 3.71. The van der Waals surface area contributed by atoms with Crippen LogP contribution in [-0.2, 0) is 10.0 Å². The quantitative estimate of drug-likeness (QED) is 0.389. The van der Waals surface area contributed by atoms with Crippen LogP contribution in [0.15, 0.2) is 71.6 Å². The Labute approximate surface area is 198 Å². The van der Waals surface area contributed by atoms with Crippen molar-refractivity contribution < 1.29 is 18.1 Å². The first kappa shape index (κ1) is 22.4. The monoisotopic (exact) mass is 479 g/mol. The van der Waals surface area contributed by atoms with Gasteiger partial charge in [0.1, 0.15) is 11.5 Å². The van der Waals surface area contributed by atoms with E-state index in [0.717, 1.165) is 36.3 Å². The number of nitrogens with zero attached hydrogens (tertiary/aromatic N) is 3. The van der Waals surface area contributed by atoms with Gasteiger partial charge in [0.05, 0.1) is 21.5 Å². The van der Waals surface area contributed by atoms with Crippen LogP contribution >= 0.6 is 0 Å². The molecule has 9 heteroatoms. The molecule has 2 heterocycles. The van der Waals surface area contributed by atoms with Crippen LogP contribution in [0.3, 0.4) is 0 Å². The fraction of sp³-hybridized carbons (Fsp3) is 0.280. The van der Waals surface area contributed by atoms with Gasteiger partial charge in [0.15, 0.2) is 0 Å². The number of fused-ring (bicyclic) bond motifs is 3. The number of aryl methyl sites for hydroxylation is 1. The zero-order valence-corrected chi connectivity index (χ0v) is 19.7. The van der Waals surface area contributed by atoms with Gasteiger partial charge in [-0.3, -0.25) is 14.4 Å². The third kappa shape index (κ3) is 3.91. The van der Waals surface area contributed by atoms with Gasteiger partial charge in [-0.25, -0.2) is 8.42 Å². The molecular weight excluding hydrogens is 454 g/mol. The molecule has 1 fully saturated rings. The minimum absolute atomic E-state index is 0.0258. The normalized spacial score (nSPS) is 20.0. The van der Waals surface area contributed by atoms with Crippen LogP contribution in [0, 0.1) is 17.0 Å². The molecule has 0 aliphatic carbocycles. The van der Waals surface area contributed by atoms with Gasteiger partial charge in [-0.1, -0.05) is 17.7 Å². The second-order valence-electron chi connectivity index (χ2n) is 8.91. The number of nitro groups is 1. The van der Waals surface area contributed by atoms with Crippen molar-refractivity contribution in [3.8, 4) is 11.5 Å². The SMILES string of the molecule is Cc1ccc2c(c1)[C@H]1CN(C)CC[C@H]1N2S(=O)(=O)c1ccc(Oc2ccc([N+](=O)[O-])cc2)cc1. The summed E-state index contributed by atoms with van der Waals surface area (Å²) in [4.78, 5) is 12.8. The van der Waals surface area contributed by atoms with Gasteiger partial charge in [-0.2, -0.15) is 0 Å². The summed E-state index contributed by atoms with van der Waals surface area (Å²) in [6.07, 6.45) is 0.773. The van der Waals surface area contributed by atoms with E-state index in [1.807, 2.05) is 19.1 Å². The fourth-order valence-electron chi connectivity index (χ4n) is 4.91. The molecule has 1 saturated heterocycles. The van der Waals surface area contributed by atoms with E-state index < -0.39 is 14.9 Å². The predicted molar refractivity (Wildman–Crippen MR) is 129 cm³/mol. The Morgan fingerprint density at radius 2 is 1.65 bits per heavy atom. The number of likely N-dealkylation sites (N-methyl/N-ethyl adjacent to an activating group) is 1. The van der Waals surface area contributed by atoms with Gasteiger partial charge in [0, 0.05) is 24.6 Å². The Balaban J connectivity index is 1.43. The van der Waals surface area contributed by atoms with E-state index in [1.54, 1.807) is 28.6 Å².